The fraction of sp³-hybridized carbons (Fsp3) is 0.750. The van der Waals surface area contributed by atoms with Gasteiger partial charge in [0.05, 0.1) is 0 Å². The number of hydrogen-bond acceptors (Lipinski definition) is 2. The SMILES string of the molecule is CC1CN(C)CCN1C(=N)N=C(N)N. The van der Waals surface area contributed by atoms with Gasteiger partial charge in [-0.25, -0.2) is 0 Å². The number of guanidine groups is 2. The van der Waals surface area contributed by atoms with Gasteiger partial charge in [0, 0.05) is 25.7 Å². The molecule has 1 saturated heterocycles. The second-order valence-electron chi connectivity index (χ2n) is 3.66. The summed E-state index contributed by atoms with van der Waals surface area (Å²) in [6.45, 7) is 4.73. The number of hydrogen-bond donors (Lipinski definition) is 3. The van der Waals surface area contributed by atoms with Gasteiger partial charge in [0.15, 0.2) is 5.96 Å². The number of likely N-dealkylation sites (N-methyl/N-ethyl adjacent to an activating group) is 1. The van der Waals surface area contributed by atoms with Crippen molar-refractivity contribution >= 4 is 11.9 Å². The van der Waals surface area contributed by atoms with Crippen molar-refractivity contribution in [3.63, 3.8) is 0 Å². The molecule has 0 aromatic heterocycles. The van der Waals surface area contributed by atoms with E-state index in [-0.39, 0.29) is 18.0 Å². The van der Waals surface area contributed by atoms with E-state index in [1.807, 2.05) is 4.90 Å². The predicted molar refractivity (Wildman–Crippen MR) is 57.2 cm³/mol. The van der Waals surface area contributed by atoms with Gasteiger partial charge in [0.25, 0.3) is 0 Å². The molecule has 6 nitrogen and oxygen atoms in total. The Kier molecular flexibility index (Phi) is 3.29. The molecule has 1 heterocycles. The molecule has 1 aliphatic heterocycles. The molecule has 0 bridgehead atoms. The monoisotopic (exact) mass is 198 g/mol. The molecule has 14 heavy (non-hydrogen) atoms. The molecule has 0 radical (unpaired) electrons. The maximum absolute atomic E-state index is 7.67. The van der Waals surface area contributed by atoms with Crippen molar-refractivity contribution in [2.45, 2.75) is 13.0 Å². The van der Waals surface area contributed by atoms with E-state index < -0.39 is 0 Å². The molecule has 1 atom stereocenters. The van der Waals surface area contributed by atoms with Crippen LogP contribution in [0.1, 0.15) is 6.92 Å². The normalized spacial score (nSPS) is 23.3. The third-order valence-corrected chi connectivity index (χ3v) is 2.34. The van der Waals surface area contributed by atoms with E-state index >= 15 is 0 Å². The highest BCUT2D eigenvalue weighted by molar-refractivity contribution is 5.91. The van der Waals surface area contributed by atoms with Crippen molar-refractivity contribution in [2.24, 2.45) is 16.5 Å². The van der Waals surface area contributed by atoms with E-state index in [9.17, 15) is 0 Å². The zero-order valence-corrected chi connectivity index (χ0v) is 8.70. The van der Waals surface area contributed by atoms with E-state index in [4.69, 9.17) is 16.9 Å². The molecule has 6 heteroatoms. The van der Waals surface area contributed by atoms with Gasteiger partial charge in [0.1, 0.15) is 0 Å². The Morgan fingerprint density at radius 3 is 2.57 bits per heavy atom. The third kappa shape index (κ3) is 2.59. The summed E-state index contributed by atoms with van der Waals surface area (Å²) in [5.74, 6) is 0.103. The lowest BCUT2D eigenvalue weighted by Gasteiger charge is -2.38. The molecule has 1 rings (SSSR count). The molecule has 1 fully saturated rings. The standard InChI is InChI=1S/C8H18N6/c1-6-5-13(2)3-4-14(6)8(11)12-7(9)10/h6H,3-5H2,1-2H3,(H5,9,10,11,12). The van der Waals surface area contributed by atoms with Crippen molar-refractivity contribution < 1.29 is 0 Å². The molecule has 1 aliphatic rings. The van der Waals surface area contributed by atoms with Crippen molar-refractivity contribution in [2.75, 3.05) is 26.7 Å². The Morgan fingerprint density at radius 1 is 1.43 bits per heavy atom. The van der Waals surface area contributed by atoms with Crippen LogP contribution in [0.5, 0.6) is 0 Å². The zero-order valence-electron chi connectivity index (χ0n) is 8.70. The van der Waals surface area contributed by atoms with Gasteiger partial charge < -0.3 is 21.3 Å². The molecule has 0 amide bonds. The predicted octanol–water partition coefficient (Wildman–Crippen LogP) is -1.17. The minimum atomic E-state index is -0.0545. The van der Waals surface area contributed by atoms with Crippen LogP contribution in [0.4, 0.5) is 0 Å². The summed E-state index contributed by atoms with van der Waals surface area (Å²) in [5.41, 5.74) is 10.4. The Hall–Kier alpha value is -1.30. The topological polar surface area (TPSA) is 94.7 Å². The number of nitrogens with one attached hydrogen (secondary N) is 1. The Balaban J connectivity index is 2.60. The number of aliphatic imine (C=N–C) groups is 1. The first kappa shape index (κ1) is 10.8. The summed E-state index contributed by atoms with van der Waals surface area (Å²) >= 11 is 0. The zero-order chi connectivity index (χ0) is 10.7. The lowest BCUT2D eigenvalue weighted by Crippen LogP contribution is -2.52. The smallest absolute Gasteiger partial charge is 0.221 e. The van der Waals surface area contributed by atoms with Crippen molar-refractivity contribution in [3.8, 4) is 0 Å². The molecule has 0 aromatic rings. The van der Waals surface area contributed by atoms with Crippen LogP contribution < -0.4 is 11.5 Å². The van der Waals surface area contributed by atoms with Gasteiger partial charge in [-0.15, -0.1) is 0 Å². The van der Waals surface area contributed by atoms with E-state index in [1.165, 1.54) is 0 Å². The minimum absolute atomic E-state index is 0.0545. The Bertz CT molecular complexity index is 244. The van der Waals surface area contributed by atoms with Crippen LogP contribution in [-0.2, 0) is 0 Å². The van der Waals surface area contributed by atoms with E-state index in [1.54, 1.807) is 0 Å². The Morgan fingerprint density at radius 2 is 2.07 bits per heavy atom. The fourth-order valence-corrected chi connectivity index (χ4v) is 1.64. The first-order chi connectivity index (χ1) is 6.50. The van der Waals surface area contributed by atoms with E-state index in [0.717, 1.165) is 19.6 Å². The quantitative estimate of drug-likeness (QED) is 0.337. The second-order valence-corrected chi connectivity index (χ2v) is 3.66. The summed E-state index contributed by atoms with van der Waals surface area (Å²) in [5, 5.41) is 7.67. The second kappa shape index (κ2) is 4.28. The number of rotatable bonds is 0. The third-order valence-electron chi connectivity index (χ3n) is 2.34. The van der Waals surface area contributed by atoms with E-state index in [0.29, 0.717) is 0 Å². The highest BCUT2D eigenvalue weighted by Gasteiger charge is 2.23. The van der Waals surface area contributed by atoms with E-state index in [2.05, 4.69) is 23.9 Å². The lowest BCUT2D eigenvalue weighted by molar-refractivity contribution is 0.159. The first-order valence-electron chi connectivity index (χ1n) is 4.64. The molecule has 0 aliphatic carbocycles. The van der Waals surface area contributed by atoms with Crippen LogP contribution in [0, 0.1) is 5.41 Å². The number of piperazine rings is 1. The summed E-state index contributed by atoms with van der Waals surface area (Å²) in [7, 11) is 2.07. The summed E-state index contributed by atoms with van der Waals surface area (Å²) in [6, 6.07) is 0.282. The average molecular weight is 198 g/mol. The van der Waals surface area contributed by atoms with Gasteiger partial charge in [-0.2, -0.15) is 4.99 Å². The molecule has 5 N–H and O–H groups in total. The molecule has 0 saturated carbocycles. The Labute approximate surface area is 84.1 Å². The van der Waals surface area contributed by atoms with Crippen molar-refractivity contribution in [3.05, 3.63) is 0 Å². The van der Waals surface area contributed by atoms with Gasteiger partial charge >= 0.3 is 0 Å². The highest BCUT2D eigenvalue weighted by atomic mass is 15.3. The molecular formula is C8H18N6. The lowest BCUT2D eigenvalue weighted by atomic mass is 10.2. The van der Waals surface area contributed by atoms with Crippen molar-refractivity contribution in [1.82, 2.24) is 9.80 Å². The number of nitrogens with two attached hydrogens (primary N) is 2. The first-order valence-corrected chi connectivity index (χ1v) is 4.64. The molecular weight excluding hydrogens is 180 g/mol. The molecule has 0 spiro atoms. The maximum Gasteiger partial charge on any atom is 0.221 e. The largest absolute Gasteiger partial charge is 0.370 e. The fourth-order valence-electron chi connectivity index (χ4n) is 1.64. The number of nitrogens with zero attached hydrogens (tertiary/aromatic N) is 3. The average Bonchev–Trinajstić information content (AvgIpc) is 2.01. The highest BCUT2D eigenvalue weighted by Crippen LogP contribution is 2.08. The van der Waals surface area contributed by atoms with Crippen LogP contribution in [0.3, 0.4) is 0 Å². The van der Waals surface area contributed by atoms with Gasteiger partial charge in [-0.3, -0.25) is 5.41 Å². The van der Waals surface area contributed by atoms with Gasteiger partial charge in [0.2, 0.25) is 5.96 Å². The van der Waals surface area contributed by atoms with Gasteiger partial charge in [-0.05, 0) is 14.0 Å². The molecule has 0 aromatic carbocycles. The van der Waals surface area contributed by atoms with Crippen molar-refractivity contribution in [1.29, 1.82) is 5.41 Å². The molecule has 80 valence electrons. The van der Waals surface area contributed by atoms with Crippen LogP contribution in [0.2, 0.25) is 0 Å². The maximum atomic E-state index is 7.67. The summed E-state index contributed by atoms with van der Waals surface area (Å²) in [6.07, 6.45) is 0. The van der Waals surface area contributed by atoms with Crippen LogP contribution in [0.15, 0.2) is 4.99 Å². The van der Waals surface area contributed by atoms with Crippen LogP contribution in [0.25, 0.3) is 0 Å². The summed E-state index contributed by atoms with van der Waals surface area (Å²) in [4.78, 5) is 7.87. The van der Waals surface area contributed by atoms with Gasteiger partial charge in [-0.1, -0.05) is 0 Å². The summed E-state index contributed by atoms with van der Waals surface area (Å²) < 4.78 is 0. The molecule has 1 unspecified atom stereocenters. The minimum Gasteiger partial charge on any atom is -0.370 e. The van der Waals surface area contributed by atoms with Crippen LogP contribution in [-0.4, -0.2) is 54.4 Å². The van der Waals surface area contributed by atoms with Crippen LogP contribution >= 0.6 is 0 Å².